The Balaban J connectivity index is 1.30. The minimum atomic E-state index is -0.243. The van der Waals surface area contributed by atoms with E-state index in [0.29, 0.717) is 18.0 Å². The molecule has 9 heteroatoms. The van der Waals surface area contributed by atoms with Gasteiger partial charge in [-0.15, -0.1) is 10.2 Å². The number of amides is 1. The molecule has 7 nitrogen and oxygen atoms in total. The zero-order valence-corrected chi connectivity index (χ0v) is 16.2. The van der Waals surface area contributed by atoms with Crippen molar-refractivity contribution in [2.45, 2.75) is 26.2 Å². The van der Waals surface area contributed by atoms with Crippen LogP contribution in [-0.2, 0) is 11.2 Å². The molecule has 146 valence electrons. The van der Waals surface area contributed by atoms with Crippen LogP contribution >= 0.6 is 11.3 Å². The highest BCUT2D eigenvalue weighted by Gasteiger charge is 2.27. The van der Waals surface area contributed by atoms with Crippen molar-refractivity contribution in [1.82, 2.24) is 15.4 Å². The lowest BCUT2D eigenvalue weighted by molar-refractivity contribution is -0.120. The molecule has 2 aromatic heterocycles. The molecule has 3 aromatic rings. The maximum Gasteiger partial charge on any atom is 0.228 e. The fraction of sp³-hybridized carbons (Fsp3) is 0.368. The first-order chi connectivity index (χ1) is 13.6. The number of halogens is 1. The number of aromatic nitrogens is 3. The summed E-state index contributed by atoms with van der Waals surface area (Å²) in [6.45, 7) is 3.29. The maximum absolute atomic E-state index is 13.0. The number of anilines is 2. The number of carbonyl (C=O) groups excluding carboxylic acids is 1. The molecule has 1 amide bonds. The Bertz CT molecular complexity index is 947. The molecule has 0 bridgehead atoms. The Labute approximate surface area is 165 Å². The van der Waals surface area contributed by atoms with Crippen LogP contribution in [-0.4, -0.2) is 34.4 Å². The summed E-state index contributed by atoms with van der Waals surface area (Å²) in [6, 6.07) is 8.13. The Kier molecular flexibility index (Phi) is 5.34. The van der Waals surface area contributed by atoms with Crippen molar-refractivity contribution in [1.29, 1.82) is 0 Å². The maximum atomic E-state index is 13.0. The molecule has 1 aliphatic heterocycles. The normalized spacial score (nSPS) is 15.0. The molecule has 3 heterocycles. The van der Waals surface area contributed by atoms with E-state index >= 15 is 0 Å². The Morgan fingerprint density at radius 2 is 2.04 bits per heavy atom. The molecular formula is C19H20FN5O2S. The fourth-order valence-corrected chi connectivity index (χ4v) is 4.13. The van der Waals surface area contributed by atoms with Gasteiger partial charge in [-0.3, -0.25) is 4.79 Å². The smallest absolute Gasteiger partial charge is 0.228 e. The molecule has 0 saturated carbocycles. The number of nitrogens with zero attached hydrogens (tertiary/aromatic N) is 4. The van der Waals surface area contributed by atoms with Crippen LogP contribution in [0.5, 0.6) is 0 Å². The first-order valence-corrected chi connectivity index (χ1v) is 9.94. The highest BCUT2D eigenvalue weighted by molar-refractivity contribution is 7.15. The third-order valence-corrected chi connectivity index (χ3v) is 5.72. The van der Waals surface area contributed by atoms with Crippen LogP contribution in [0.4, 0.5) is 15.3 Å². The molecule has 1 aromatic carbocycles. The number of rotatable bonds is 5. The number of benzene rings is 1. The summed E-state index contributed by atoms with van der Waals surface area (Å²) in [5, 5.41) is 16.9. The van der Waals surface area contributed by atoms with Gasteiger partial charge in [0, 0.05) is 31.5 Å². The lowest BCUT2D eigenvalue weighted by Crippen LogP contribution is -2.38. The van der Waals surface area contributed by atoms with E-state index in [4.69, 9.17) is 4.52 Å². The molecule has 0 unspecified atom stereocenters. The van der Waals surface area contributed by atoms with E-state index in [-0.39, 0.29) is 17.6 Å². The van der Waals surface area contributed by atoms with Crippen LogP contribution in [0.1, 0.15) is 29.2 Å². The molecule has 0 aliphatic carbocycles. The number of hydrogen-bond acceptors (Lipinski definition) is 7. The second-order valence-electron chi connectivity index (χ2n) is 6.85. The van der Waals surface area contributed by atoms with Crippen LogP contribution in [0.3, 0.4) is 0 Å². The van der Waals surface area contributed by atoms with E-state index in [0.717, 1.165) is 41.6 Å². The number of piperidine rings is 1. The molecule has 1 fully saturated rings. The predicted octanol–water partition coefficient (Wildman–Crippen LogP) is 3.42. The third-order valence-electron chi connectivity index (χ3n) is 4.74. The highest BCUT2D eigenvalue weighted by atomic mass is 32.1. The summed E-state index contributed by atoms with van der Waals surface area (Å²) in [5.74, 6) is 0.798. The topological polar surface area (TPSA) is 84.2 Å². The van der Waals surface area contributed by atoms with Crippen molar-refractivity contribution in [3.63, 3.8) is 0 Å². The van der Waals surface area contributed by atoms with Gasteiger partial charge >= 0.3 is 0 Å². The van der Waals surface area contributed by atoms with Gasteiger partial charge in [-0.05, 0) is 37.5 Å². The predicted molar refractivity (Wildman–Crippen MR) is 104 cm³/mol. The molecule has 0 radical (unpaired) electrons. The van der Waals surface area contributed by atoms with E-state index in [2.05, 4.69) is 25.6 Å². The quantitative estimate of drug-likeness (QED) is 0.705. The first kappa shape index (κ1) is 18.5. The third kappa shape index (κ3) is 4.36. The fourth-order valence-electron chi connectivity index (χ4n) is 3.21. The van der Waals surface area contributed by atoms with Gasteiger partial charge in [-0.25, -0.2) is 4.39 Å². The van der Waals surface area contributed by atoms with E-state index < -0.39 is 0 Å². The Morgan fingerprint density at radius 1 is 1.29 bits per heavy atom. The standard InChI is InChI=1S/C19H20FN5O2S/c1-12-10-16(24-27-12)21-18(26)14-6-8-25(9-7-14)19-23-22-17(28-19)11-13-2-4-15(20)5-3-13/h2-5,10,14H,6-9,11H2,1H3,(H,21,24,26). The van der Waals surface area contributed by atoms with Gasteiger partial charge in [-0.1, -0.05) is 28.6 Å². The second-order valence-corrected chi connectivity index (χ2v) is 7.90. The van der Waals surface area contributed by atoms with E-state index in [9.17, 15) is 9.18 Å². The number of carbonyl (C=O) groups is 1. The minimum absolute atomic E-state index is 0.0257. The molecule has 1 saturated heterocycles. The largest absolute Gasteiger partial charge is 0.360 e. The number of aryl methyl sites for hydroxylation is 1. The summed E-state index contributed by atoms with van der Waals surface area (Å²) in [5.41, 5.74) is 1.00. The summed E-state index contributed by atoms with van der Waals surface area (Å²) >= 11 is 1.54. The summed E-state index contributed by atoms with van der Waals surface area (Å²) < 4.78 is 18.0. The summed E-state index contributed by atoms with van der Waals surface area (Å²) in [4.78, 5) is 14.6. The molecule has 28 heavy (non-hydrogen) atoms. The van der Waals surface area contributed by atoms with Crippen molar-refractivity contribution in [2.75, 3.05) is 23.3 Å². The molecule has 0 spiro atoms. The second kappa shape index (κ2) is 8.05. The molecular weight excluding hydrogens is 381 g/mol. The number of nitrogens with one attached hydrogen (secondary N) is 1. The van der Waals surface area contributed by atoms with Crippen LogP contribution in [0.25, 0.3) is 0 Å². The summed E-state index contributed by atoms with van der Waals surface area (Å²) in [7, 11) is 0. The van der Waals surface area contributed by atoms with Gasteiger partial charge in [0.2, 0.25) is 11.0 Å². The van der Waals surface area contributed by atoms with E-state index in [1.807, 2.05) is 0 Å². The first-order valence-electron chi connectivity index (χ1n) is 9.13. The average molecular weight is 401 g/mol. The molecule has 0 atom stereocenters. The van der Waals surface area contributed by atoms with Gasteiger partial charge in [0.05, 0.1) is 0 Å². The Hall–Kier alpha value is -2.81. The van der Waals surface area contributed by atoms with Crippen molar-refractivity contribution in [3.05, 3.63) is 52.5 Å². The monoisotopic (exact) mass is 401 g/mol. The van der Waals surface area contributed by atoms with Gasteiger partial charge < -0.3 is 14.7 Å². The lowest BCUT2D eigenvalue weighted by Gasteiger charge is -2.30. The molecule has 1 aliphatic rings. The van der Waals surface area contributed by atoms with Crippen molar-refractivity contribution >= 4 is 28.2 Å². The van der Waals surface area contributed by atoms with Gasteiger partial charge in [0.15, 0.2) is 5.82 Å². The lowest BCUT2D eigenvalue weighted by atomic mass is 9.96. The van der Waals surface area contributed by atoms with E-state index in [1.165, 1.54) is 12.1 Å². The van der Waals surface area contributed by atoms with Crippen LogP contribution < -0.4 is 10.2 Å². The van der Waals surface area contributed by atoms with Crippen molar-refractivity contribution in [3.8, 4) is 0 Å². The SMILES string of the molecule is Cc1cc(NC(=O)C2CCN(c3nnc(Cc4ccc(F)cc4)s3)CC2)no1. The van der Waals surface area contributed by atoms with Crippen LogP contribution in [0, 0.1) is 18.7 Å². The molecule has 1 N–H and O–H groups in total. The molecule has 4 rings (SSSR count). The van der Waals surface area contributed by atoms with Gasteiger partial charge in [-0.2, -0.15) is 0 Å². The minimum Gasteiger partial charge on any atom is -0.360 e. The van der Waals surface area contributed by atoms with Crippen molar-refractivity contribution < 1.29 is 13.7 Å². The van der Waals surface area contributed by atoms with Gasteiger partial charge in [0.1, 0.15) is 16.6 Å². The zero-order valence-electron chi connectivity index (χ0n) is 15.4. The van der Waals surface area contributed by atoms with Crippen molar-refractivity contribution in [2.24, 2.45) is 5.92 Å². The average Bonchev–Trinajstić information content (AvgIpc) is 3.33. The van der Waals surface area contributed by atoms with Crippen LogP contribution in [0.15, 0.2) is 34.9 Å². The van der Waals surface area contributed by atoms with E-state index in [1.54, 1.807) is 36.5 Å². The Morgan fingerprint density at radius 3 is 2.71 bits per heavy atom. The zero-order chi connectivity index (χ0) is 19.5. The number of hydrogen-bond donors (Lipinski definition) is 1. The summed E-state index contributed by atoms with van der Waals surface area (Å²) in [6.07, 6.45) is 2.12. The van der Waals surface area contributed by atoms with Gasteiger partial charge in [0.25, 0.3) is 0 Å². The van der Waals surface area contributed by atoms with Crippen LogP contribution in [0.2, 0.25) is 0 Å². The highest BCUT2D eigenvalue weighted by Crippen LogP contribution is 2.27.